The molecule has 0 atom stereocenters. The van der Waals surface area contributed by atoms with Crippen molar-refractivity contribution in [1.29, 1.82) is 0 Å². The summed E-state index contributed by atoms with van der Waals surface area (Å²) in [7, 11) is 0. The smallest absolute Gasteiger partial charge is 0.127 e. The summed E-state index contributed by atoms with van der Waals surface area (Å²) < 4.78 is 5.58. The SMILES string of the molecule is C1CCCCC1.c1ccc(Oc2ccccc2)cc1. The lowest BCUT2D eigenvalue weighted by molar-refractivity contribution is 0.482. The molecule has 19 heavy (non-hydrogen) atoms. The molecule has 2 aromatic carbocycles. The van der Waals surface area contributed by atoms with Crippen LogP contribution in [0.5, 0.6) is 11.5 Å². The summed E-state index contributed by atoms with van der Waals surface area (Å²) in [5, 5.41) is 0. The molecule has 0 aromatic heterocycles. The normalized spacial score (nSPS) is 14.1. The number of rotatable bonds is 2. The van der Waals surface area contributed by atoms with Gasteiger partial charge < -0.3 is 4.74 Å². The summed E-state index contributed by atoms with van der Waals surface area (Å²) in [6.45, 7) is 0. The first-order chi connectivity index (χ1) is 9.45. The standard InChI is InChI=1S/C12H10O.C6H12/c1-3-7-11(8-4-1)13-12-9-5-2-6-10-12;1-2-4-6-5-3-1/h1-10H;1-6H2. The molecule has 0 N–H and O–H groups in total. The molecule has 0 heterocycles. The van der Waals surface area contributed by atoms with E-state index in [-0.39, 0.29) is 0 Å². The maximum atomic E-state index is 5.58. The molecule has 1 aliphatic rings. The van der Waals surface area contributed by atoms with Crippen molar-refractivity contribution in [2.24, 2.45) is 0 Å². The van der Waals surface area contributed by atoms with Gasteiger partial charge in [0.05, 0.1) is 0 Å². The van der Waals surface area contributed by atoms with Gasteiger partial charge >= 0.3 is 0 Å². The van der Waals surface area contributed by atoms with Crippen LogP contribution in [0.3, 0.4) is 0 Å². The van der Waals surface area contributed by atoms with Gasteiger partial charge in [0.1, 0.15) is 11.5 Å². The fourth-order valence-corrected chi connectivity index (χ4v) is 2.17. The van der Waals surface area contributed by atoms with Crippen LogP contribution in [0.2, 0.25) is 0 Å². The van der Waals surface area contributed by atoms with Gasteiger partial charge in [0.15, 0.2) is 0 Å². The highest BCUT2D eigenvalue weighted by Gasteiger charge is 1.95. The van der Waals surface area contributed by atoms with Crippen molar-refractivity contribution in [3.8, 4) is 11.5 Å². The lowest BCUT2D eigenvalue weighted by atomic mass is 10.0. The minimum Gasteiger partial charge on any atom is -0.457 e. The van der Waals surface area contributed by atoms with E-state index in [0.29, 0.717) is 0 Å². The molecular formula is C18H22O. The number of hydrogen-bond acceptors (Lipinski definition) is 1. The largest absolute Gasteiger partial charge is 0.457 e. The summed E-state index contributed by atoms with van der Waals surface area (Å²) in [5.74, 6) is 1.74. The first-order valence-corrected chi connectivity index (χ1v) is 7.23. The lowest BCUT2D eigenvalue weighted by Crippen LogP contribution is -1.85. The molecule has 0 bridgehead atoms. The second kappa shape index (κ2) is 8.36. The van der Waals surface area contributed by atoms with E-state index in [1.54, 1.807) is 0 Å². The zero-order valence-electron chi connectivity index (χ0n) is 11.4. The topological polar surface area (TPSA) is 9.23 Å². The molecule has 0 saturated heterocycles. The molecule has 0 amide bonds. The average molecular weight is 254 g/mol. The monoisotopic (exact) mass is 254 g/mol. The molecule has 1 heteroatoms. The zero-order valence-corrected chi connectivity index (χ0v) is 11.4. The molecule has 0 radical (unpaired) electrons. The fourth-order valence-electron chi connectivity index (χ4n) is 2.17. The van der Waals surface area contributed by atoms with Gasteiger partial charge in [0.2, 0.25) is 0 Å². The highest BCUT2D eigenvalue weighted by molar-refractivity contribution is 5.30. The molecular weight excluding hydrogens is 232 g/mol. The lowest BCUT2D eigenvalue weighted by Gasteiger charge is -2.05. The number of benzene rings is 2. The van der Waals surface area contributed by atoms with Gasteiger partial charge in [-0.15, -0.1) is 0 Å². The van der Waals surface area contributed by atoms with Crippen LogP contribution in [-0.4, -0.2) is 0 Å². The van der Waals surface area contributed by atoms with Crippen LogP contribution >= 0.6 is 0 Å². The Bertz CT molecular complexity index is 383. The van der Waals surface area contributed by atoms with E-state index in [0.717, 1.165) is 11.5 Å². The molecule has 1 nitrogen and oxygen atoms in total. The predicted molar refractivity (Wildman–Crippen MR) is 80.7 cm³/mol. The van der Waals surface area contributed by atoms with Gasteiger partial charge in [0.25, 0.3) is 0 Å². The highest BCUT2D eigenvalue weighted by atomic mass is 16.5. The first kappa shape index (κ1) is 13.7. The Kier molecular flexibility index (Phi) is 6.01. The number of para-hydroxylation sites is 2. The Hall–Kier alpha value is -1.76. The molecule has 100 valence electrons. The van der Waals surface area contributed by atoms with Crippen molar-refractivity contribution < 1.29 is 4.74 Å². The number of hydrogen-bond donors (Lipinski definition) is 0. The molecule has 0 aliphatic heterocycles. The zero-order chi connectivity index (χ0) is 13.2. The number of ether oxygens (including phenoxy) is 1. The van der Waals surface area contributed by atoms with Crippen LogP contribution in [0.15, 0.2) is 60.7 Å². The molecule has 3 rings (SSSR count). The van der Waals surface area contributed by atoms with Crippen LogP contribution in [0.1, 0.15) is 38.5 Å². The van der Waals surface area contributed by atoms with E-state index in [9.17, 15) is 0 Å². The molecule has 1 saturated carbocycles. The van der Waals surface area contributed by atoms with Gasteiger partial charge in [0, 0.05) is 0 Å². The Morgan fingerprint density at radius 3 is 1.11 bits per heavy atom. The van der Waals surface area contributed by atoms with E-state index in [2.05, 4.69) is 0 Å². The minimum absolute atomic E-state index is 0.869. The highest BCUT2D eigenvalue weighted by Crippen LogP contribution is 2.19. The molecule has 0 spiro atoms. The molecule has 1 aliphatic carbocycles. The Labute approximate surface area is 116 Å². The summed E-state index contributed by atoms with van der Waals surface area (Å²) in [4.78, 5) is 0. The van der Waals surface area contributed by atoms with E-state index in [4.69, 9.17) is 4.74 Å². The second-order valence-corrected chi connectivity index (χ2v) is 4.85. The van der Waals surface area contributed by atoms with Gasteiger partial charge in [-0.3, -0.25) is 0 Å². The van der Waals surface area contributed by atoms with Gasteiger partial charge in [-0.1, -0.05) is 74.9 Å². The maximum absolute atomic E-state index is 5.58. The van der Waals surface area contributed by atoms with Crippen molar-refractivity contribution >= 4 is 0 Å². The molecule has 0 unspecified atom stereocenters. The summed E-state index contributed by atoms with van der Waals surface area (Å²) in [6, 6.07) is 19.5. The van der Waals surface area contributed by atoms with Crippen molar-refractivity contribution in [1.82, 2.24) is 0 Å². The van der Waals surface area contributed by atoms with Crippen molar-refractivity contribution in [3.05, 3.63) is 60.7 Å². The van der Waals surface area contributed by atoms with E-state index in [1.807, 2.05) is 60.7 Å². The van der Waals surface area contributed by atoms with Gasteiger partial charge in [-0.25, -0.2) is 0 Å². The second-order valence-electron chi connectivity index (χ2n) is 4.85. The van der Waals surface area contributed by atoms with Crippen LogP contribution in [0.4, 0.5) is 0 Å². The summed E-state index contributed by atoms with van der Waals surface area (Å²) in [6.07, 6.45) is 9.00. The average Bonchev–Trinajstić information content (AvgIpc) is 2.52. The van der Waals surface area contributed by atoms with Crippen LogP contribution in [0, 0.1) is 0 Å². The Balaban J connectivity index is 0.000000186. The predicted octanol–water partition coefficient (Wildman–Crippen LogP) is 5.82. The van der Waals surface area contributed by atoms with Crippen LogP contribution in [-0.2, 0) is 0 Å². The third-order valence-corrected chi connectivity index (χ3v) is 3.22. The van der Waals surface area contributed by atoms with Gasteiger partial charge in [-0.2, -0.15) is 0 Å². The van der Waals surface area contributed by atoms with Gasteiger partial charge in [-0.05, 0) is 24.3 Å². The van der Waals surface area contributed by atoms with E-state index < -0.39 is 0 Å². The minimum atomic E-state index is 0.869. The quantitative estimate of drug-likeness (QED) is 0.656. The Morgan fingerprint density at radius 1 is 0.474 bits per heavy atom. The molecule has 1 fully saturated rings. The third-order valence-electron chi connectivity index (χ3n) is 3.22. The van der Waals surface area contributed by atoms with E-state index in [1.165, 1.54) is 38.5 Å². The van der Waals surface area contributed by atoms with Crippen LogP contribution < -0.4 is 4.74 Å². The molecule has 2 aromatic rings. The first-order valence-electron chi connectivity index (χ1n) is 7.23. The Morgan fingerprint density at radius 2 is 0.789 bits per heavy atom. The maximum Gasteiger partial charge on any atom is 0.127 e. The van der Waals surface area contributed by atoms with Crippen molar-refractivity contribution in [2.75, 3.05) is 0 Å². The van der Waals surface area contributed by atoms with Crippen molar-refractivity contribution in [3.63, 3.8) is 0 Å². The third kappa shape index (κ3) is 5.60. The summed E-state index contributed by atoms with van der Waals surface area (Å²) >= 11 is 0. The van der Waals surface area contributed by atoms with E-state index >= 15 is 0 Å². The van der Waals surface area contributed by atoms with Crippen molar-refractivity contribution in [2.45, 2.75) is 38.5 Å². The summed E-state index contributed by atoms with van der Waals surface area (Å²) in [5.41, 5.74) is 0. The van der Waals surface area contributed by atoms with Crippen LogP contribution in [0.25, 0.3) is 0 Å². The fraction of sp³-hybridized carbons (Fsp3) is 0.333.